The van der Waals surface area contributed by atoms with Crippen LogP contribution in [0.3, 0.4) is 0 Å². The molecule has 1 aliphatic carbocycles. The third kappa shape index (κ3) is 1.92. The van der Waals surface area contributed by atoms with Crippen molar-refractivity contribution in [3.05, 3.63) is 5.89 Å². The Morgan fingerprint density at radius 2 is 2.25 bits per heavy atom. The van der Waals surface area contributed by atoms with Crippen molar-refractivity contribution in [2.24, 2.45) is 0 Å². The maximum Gasteiger partial charge on any atom is 0.322 e. The van der Waals surface area contributed by atoms with Crippen LogP contribution in [0.2, 0.25) is 0 Å². The number of carbonyl (C=O) groups excluding carboxylic acids is 1. The van der Waals surface area contributed by atoms with Crippen LogP contribution in [0.15, 0.2) is 4.42 Å². The first-order chi connectivity index (χ1) is 7.83. The van der Waals surface area contributed by atoms with Gasteiger partial charge in [-0.05, 0) is 32.2 Å². The molecule has 2 aliphatic rings. The van der Waals surface area contributed by atoms with Crippen molar-refractivity contribution in [3.8, 4) is 0 Å². The Bertz CT molecular complexity index is 393. The lowest BCUT2D eigenvalue weighted by Gasteiger charge is -2.07. The van der Waals surface area contributed by atoms with E-state index in [-0.39, 0.29) is 18.0 Å². The van der Waals surface area contributed by atoms with Crippen LogP contribution >= 0.6 is 0 Å². The zero-order valence-electron chi connectivity index (χ0n) is 8.90. The van der Waals surface area contributed by atoms with E-state index >= 15 is 0 Å². The maximum absolute atomic E-state index is 11.7. The van der Waals surface area contributed by atoms with Crippen molar-refractivity contribution in [2.45, 2.75) is 37.6 Å². The van der Waals surface area contributed by atoms with Crippen LogP contribution in [0.4, 0.5) is 6.01 Å². The van der Waals surface area contributed by atoms with Crippen molar-refractivity contribution in [1.82, 2.24) is 15.5 Å². The molecule has 1 aliphatic heterocycles. The second-order valence-corrected chi connectivity index (χ2v) is 4.36. The van der Waals surface area contributed by atoms with Crippen LogP contribution in [-0.4, -0.2) is 28.7 Å². The number of nitrogens with one attached hydrogen (secondary N) is 2. The van der Waals surface area contributed by atoms with E-state index in [2.05, 4.69) is 20.8 Å². The van der Waals surface area contributed by atoms with Crippen molar-refractivity contribution in [2.75, 3.05) is 11.9 Å². The van der Waals surface area contributed by atoms with Gasteiger partial charge in [-0.25, -0.2) is 0 Å². The van der Waals surface area contributed by atoms with Gasteiger partial charge in [-0.1, -0.05) is 5.10 Å². The van der Waals surface area contributed by atoms with E-state index in [0.717, 1.165) is 32.2 Å². The summed E-state index contributed by atoms with van der Waals surface area (Å²) in [4.78, 5) is 11.7. The lowest BCUT2D eigenvalue weighted by Crippen LogP contribution is -2.35. The van der Waals surface area contributed by atoms with Crippen molar-refractivity contribution in [1.29, 1.82) is 0 Å². The number of hydrogen-bond donors (Lipinski definition) is 2. The molecule has 1 amide bonds. The summed E-state index contributed by atoms with van der Waals surface area (Å²) in [5.41, 5.74) is 0. The molecule has 0 spiro atoms. The minimum atomic E-state index is -0.115. The highest BCUT2D eigenvalue weighted by atomic mass is 16.4. The lowest BCUT2D eigenvalue weighted by molar-refractivity contribution is -0.117. The Kier molecular flexibility index (Phi) is 2.36. The fraction of sp³-hybridized carbons (Fsp3) is 0.700. The summed E-state index contributed by atoms with van der Waals surface area (Å²) >= 11 is 0. The summed E-state index contributed by atoms with van der Waals surface area (Å²) in [5.74, 6) is 0.987. The fourth-order valence-electron chi connectivity index (χ4n) is 1.88. The standard InChI is InChI=1S/C10H14N4O2/c15-8(7-2-1-5-11-7)12-10-14-13-9(16-10)6-3-4-6/h6-7,11H,1-5H2,(H,12,14,15)/t7-/m0/s1. The molecule has 1 saturated carbocycles. The molecule has 0 bridgehead atoms. The Morgan fingerprint density at radius 1 is 1.38 bits per heavy atom. The van der Waals surface area contributed by atoms with Crippen LogP contribution in [-0.2, 0) is 4.79 Å². The SMILES string of the molecule is O=C(Nc1nnc(C2CC2)o1)[C@@H]1CCCN1. The van der Waals surface area contributed by atoms with E-state index in [1.54, 1.807) is 0 Å². The quantitative estimate of drug-likeness (QED) is 0.784. The second-order valence-electron chi connectivity index (χ2n) is 4.36. The molecule has 16 heavy (non-hydrogen) atoms. The van der Waals surface area contributed by atoms with Gasteiger partial charge in [0.2, 0.25) is 11.8 Å². The molecule has 1 saturated heterocycles. The van der Waals surface area contributed by atoms with Crippen LogP contribution in [0.1, 0.15) is 37.5 Å². The van der Waals surface area contributed by atoms with Gasteiger partial charge < -0.3 is 9.73 Å². The average Bonchev–Trinajstić information content (AvgIpc) is 2.82. The van der Waals surface area contributed by atoms with Crippen LogP contribution in [0, 0.1) is 0 Å². The van der Waals surface area contributed by atoms with Gasteiger partial charge in [-0.15, -0.1) is 5.10 Å². The monoisotopic (exact) mass is 222 g/mol. The van der Waals surface area contributed by atoms with Crippen molar-refractivity contribution < 1.29 is 9.21 Å². The van der Waals surface area contributed by atoms with Gasteiger partial charge in [0.1, 0.15) is 0 Å². The van der Waals surface area contributed by atoms with E-state index < -0.39 is 0 Å². The zero-order valence-corrected chi connectivity index (χ0v) is 8.90. The molecule has 0 radical (unpaired) electrons. The van der Waals surface area contributed by atoms with Gasteiger partial charge in [-0.3, -0.25) is 10.1 Å². The number of nitrogens with zero attached hydrogens (tertiary/aromatic N) is 2. The molecule has 1 aromatic heterocycles. The fourth-order valence-corrected chi connectivity index (χ4v) is 1.88. The van der Waals surface area contributed by atoms with Gasteiger partial charge in [-0.2, -0.15) is 0 Å². The second kappa shape index (κ2) is 3.86. The van der Waals surface area contributed by atoms with E-state index in [4.69, 9.17) is 4.42 Å². The highest BCUT2D eigenvalue weighted by Crippen LogP contribution is 2.39. The largest absolute Gasteiger partial charge is 0.408 e. The van der Waals surface area contributed by atoms with Crippen LogP contribution in [0.25, 0.3) is 0 Å². The molecule has 3 rings (SSSR count). The highest BCUT2D eigenvalue weighted by Gasteiger charge is 2.30. The molecule has 1 atom stereocenters. The molecule has 2 heterocycles. The molecular weight excluding hydrogens is 208 g/mol. The minimum Gasteiger partial charge on any atom is -0.408 e. The van der Waals surface area contributed by atoms with Crippen LogP contribution in [0.5, 0.6) is 0 Å². The third-order valence-electron chi connectivity index (χ3n) is 2.97. The topological polar surface area (TPSA) is 80.1 Å². The number of aromatic nitrogens is 2. The lowest BCUT2D eigenvalue weighted by atomic mass is 10.2. The van der Waals surface area contributed by atoms with E-state index in [1.165, 1.54) is 0 Å². The predicted octanol–water partition coefficient (Wildman–Crippen LogP) is 0.637. The number of anilines is 1. The summed E-state index contributed by atoms with van der Waals surface area (Å²) in [5, 5.41) is 13.5. The van der Waals surface area contributed by atoms with Gasteiger partial charge in [0.05, 0.1) is 6.04 Å². The molecule has 2 fully saturated rings. The molecule has 6 nitrogen and oxygen atoms in total. The Hall–Kier alpha value is -1.43. The first-order valence-electron chi connectivity index (χ1n) is 5.70. The summed E-state index contributed by atoms with van der Waals surface area (Å²) in [7, 11) is 0. The molecule has 86 valence electrons. The number of carbonyl (C=O) groups is 1. The molecule has 0 unspecified atom stereocenters. The zero-order chi connectivity index (χ0) is 11.0. The Balaban J connectivity index is 1.61. The first kappa shape index (κ1) is 9.77. The maximum atomic E-state index is 11.7. The third-order valence-corrected chi connectivity index (χ3v) is 2.97. The van der Waals surface area contributed by atoms with E-state index in [1.807, 2.05) is 0 Å². The van der Waals surface area contributed by atoms with Gasteiger partial charge in [0.25, 0.3) is 0 Å². The van der Waals surface area contributed by atoms with E-state index in [9.17, 15) is 4.79 Å². The van der Waals surface area contributed by atoms with Crippen molar-refractivity contribution in [3.63, 3.8) is 0 Å². The number of hydrogen-bond acceptors (Lipinski definition) is 5. The summed E-state index contributed by atoms with van der Waals surface area (Å²) in [6.07, 6.45) is 4.13. The molecule has 2 N–H and O–H groups in total. The summed E-state index contributed by atoms with van der Waals surface area (Å²) in [6.45, 7) is 0.898. The predicted molar refractivity (Wildman–Crippen MR) is 55.9 cm³/mol. The van der Waals surface area contributed by atoms with E-state index in [0.29, 0.717) is 11.8 Å². The summed E-state index contributed by atoms with van der Waals surface area (Å²) < 4.78 is 5.36. The summed E-state index contributed by atoms with van der Waals surface area (Å²) in [6, 6.07) is 0.108. The smallest absolute Gasteiger partial charge is 0.322 e. The normalized spacial score (nSPS) is 24.6. The number of amides is 1. The highest BCUT2D eigenvalue weighted by molar-refractivity contribution is 5.93. The van der Waals surface area contributed by atoms with Crippen LogP contribution < -0.4 is 10.6 Å². The van der Waals surface area contributed by atoms with Gasteiger partial charge >= 0.3 is 6.01 Å². The number of rotatable bonds is 3. The average molecular weight is 222 g/mol. The minimum absolute atomic E-state index is 0.0801. The Labute approximate surface area is 92.8 Å². The molecule has 6 heteroatoms. The van der Waals surface area contributed by atoms with Gasteiger partial charge in [0.15, 0.2) is 0 Å². The molecule has 0 aromatic carbocycles. The Morgan fingerprint density at radius 3 is 2.94 bits per heavy atom. The van der Waals surface area contributed by atoms with Crippen molar-refractivity contribution >= 4 is 11.9 Å². The molecular formula is C10H14N4O2. The first-order valence-corrected chi connectivity index (χ1v) is 5.70. The molecule has 1 aromatic rings. The van der Waals surface area contributed by atoms with Gasteiger partial charge in [0, 0.05) is 5.92 Å².